The van der Waals surface area contributed by atoms with Crippen LogP contribution in [0.3, 0.4) is 0 Å². The maximum Gasteiger partial charge on any atom is 0.194 e. The zero-order valence-corrected chi connectivity index (χ0v) is 21.5. The Kier molecular flexibility index (Phi) is 8.65. The van der Waals surface area contributed by atoms with E-state index in [4.69, 9.17) is 9.73 Å². The van der Waals surface area contributed by atoms with Crippen molar-refractivity contribution in [2.24, 2.45) is 12.0 Å². The van der Waals surface area contributed by atoms with Gasteiger partial charge in [0.05, 0.1) is 7.11 Å². The molecule has 0 aliphatic carbocycles. The molecule has 2 aromatic carbocycles. The van der Waals surface area contributed by atoms with Crippen LogP contribution in [0.25, 0.3) is 0 Å². The van der Waals surface area contributed by atoms with E-state index in [2.05, 4.69) is 32.5 Å². The van der Waals surface area contributed by atoms with E-state index in [0.717, 1.165) is 54.9 Å². The molecule has 0 saturated carbocycles. The molecule has 33 heavy (non-hydrogen) atoms. The van der Waals surface area contributed by atoms with Crippen LogP contribution in [0.2, 0.25) is 0 Å². The Morgan fingerprint density at radius 3 is 2.64 bits per heavy atom. The molecule has 0 spiro atoms. The first-order valence-electron chi connectivity index (χ1n) is 10.8. The lowest BCUT2D eigenvalue weighted by Gasteiger charge is -2.32. The van der Waals surface area contributed by atoms with E-state index in [9.17, 15) is 4.39 Å². The highest BCUT2D eigenvalue weighted by molar-refractivity contribution is 14.0. The molecule has 1 aromatic heterocycles. The van der Waals surface area contributed by atoms with Gasteiger partial charge in [-0.1, -0.05) is 18.2 Å². The Hall–Kier alpha value is -2.69. The third-order valence-corrected chi connectivity index (χ3v) is 5.89. The van der Waals surface area contributed by atoms with Gasteiger partial charge >= 0.3 is 0 Å². The van der Waals surface area contributed by atoms with Gasteiger partial charge in [0.15, 0.2) is 11.8 Å². The summed E-state index contributed by atoms with van der Waals surface area (Å²) >= 11 is 0. The maximum atomic E-state index is 13.8. The minimum absolute atomic E-state index is 0. The zero-order chi connectivity index (χ0) is 22.5. The van der Waals surface area contributed by atoms with Crippen molar-refractivity contribution in [3.05, 3.63) is 76.6 Å². The summed E-state index contributed by atoms with van der Waals surface area (Å²) in [6.07, 6.45) is 1.71. The molecular formula is C24H30FIN6O. The molecule has 176 valence electrons. The van der Waals surface area contributed by atoms with Crippen LogP contribution >= 0.6 is 24.0 Å². The number of aromatic nitrogens is 3. The molecule has 0 fully saturated rings. The van der Waals surface area contributed by atoms with Crippen LogP contribution in [-0.2, 0) is 33.0 Å². The molecule has 0 amide bonds. The van der Waals surface area contributed by atoms with E-state index in [1.54, 1.807) is 13.2 Å². The number of methoxy groups -OCH3 is 1. The average Bonchev–Trinajstić information content (AvgIpc) is 3.13. The van der Waals surface area contributed by atoms with Gasteiger partial charge in [0, 0.05) is 26.7 Å². The summed E-state index contributed by atoms with van der Waals surface area (Å²) in [6.45, 7) is 4.53. The number of hydrogen-bond acceptors (Lipinski definition) is 4. The predicted octanol–water partition coefficient (Wildman–Crippen LogP) is 3.64. The fourth-order valence-electron chi connectivity index (χ4n) is 3.82. The van der Waals surface area contributed by atoms with Gasteiger partial charge in [-0.25, -0.2) is 9.38 Å². The molecule has 0 bridgehead atoms. The zero-order valence-electron chi connectivity index (χ0n) is 19.2. The Balaban J connectivity index is 0.00000306. The van der Waals surface area contributed by atoms with Crippen molar-refractivity contribution in [1.82, 2.24) is 25.0 Å². The van der Waals surface area contributed by atoms with E-state index >= 15 is 0 Å². The first-order chi connectivity index (χ1) is 15.5. The summed E-state index contributed by atoms with van der Waals surface area (Å²) in [4.78, 5) is 7.02. The number of halogens is 2. The van der Waals surface area contributed by atoms with Gasteiger partial charge in [-0.3, -0.25) is 0 Å². The molecular weight excluding hydrogens is 534 g/mol. The van der Waals surface area contributed by atoms with E-state index in [-0.39, 0.29) is 29.8 Å². The largest absolute Gasteiger partial charge is 0.497 e. The monoisotopic (exact) mass is 564 g/mol. The lowest BCUT2D eigenvalue weighted by Crippen LogP contribution is -2.44. The summed E-state index contributed by atoms with van der Waals surface area (Å²) in [5, 5.41) is 11.8. The summed E-state index contributed by atoms with van der Waals surface area (Å²) in [7, 11) is 3.61. The highest BCUT2D eigenvalue weighted by atomic mass is 127. The van der Waals surface area contributed by atoms with Crippen molar-refractivity contribution in [2.75, 3.05) is 20.2 Å². The fourth-order valence-corrected chi connectivity index (χ4v) is 3.82. The second kappa shape index (κ2) is 11.4. The highest BCUT2D eigenvalue weighted by Gasteiger charge is 2.20. The number of nitrogens with zero attached hydrogens (tertiary/aromatic N) is 5. The molecule has 0 radical (unpaired) electrons. The lowest BCUT2D eigenvalue weighted by atomic mass is 10.00. The highest BCUT2D eigenvalue weighted by Crippen LogP contribution is 2.20. The Labute approximate surface area is 211 Å². The lowest BCUT2D eigenvalue weighted by molar-refractivity contribution is 0.376. The average molecular weight is 564 g/mol. The van der Waals surface area contributed by atoms with Gasteiger partial charge in [-0.2, -0.15) is 0 Å². The van der Waals surface area contributed by atoms with Crippen molar-refractivity contribution in [3.63, 3.8) is 0 Å². The second-order valence-corrected chi connectivity index (χ2v) is 7.97. The van der Waals surface area contributed by atoms with Crippen molar-refractivity contribution in [3.8, 4) is 5.75 Å². The third kappa shape index (κ3) is 6.21. The molecule has 0 saturated heterocycles. The van der Waals surface area contributed by atoms with Gasteiger partial charge < -0.3 is 19.5 Å². The van der Waals surface area contributed by atoms with Gasteiger partial charge in [0.1, 0.15) is 23.9 Å². The second-order valence-electron chi connectivity index (χ2n) is 7.97. The van der Waals surface area contributed by atoms with Gasteiger partial charge in [0.2, 0.25) is 0 Å². The first-order valence-corrected chi connectivity index (χ1v) is 10.8. The number of hydrogen-bond donors (Lipinski definition) is 1. The Morgan fingerprint density at radius 1 is 1.15 bits per heavy atom. The number of nitrogens with one attached hydrogen (secondary N) is 1. The minimum atomic E-state index is -0.203. The quantitative estimate of drug-likeness (QED) is 0.282. The number of fused-ring (bicyclic) bond motifs is 1. The number of ether oxygens (including phenoxy) is 1. The standard InChI is InChI=1S/C24H29FN6O.HI/c1-17-28-29-23(30(17)2)15-27-24(26-12-10-18-4-8-22(32-3)9-5-18)31-13-11-19-6-7-21(25)14-20(19)16-31;/h4-9,14H,10-13,15-16H2,1-3H3,(H,26,27);1H. The van der Waals surface area contributed by atoms with Crippen LogP contribution in [0.15, 0.2) is 47.5 Å². The van der Waals surface area contributed by atoms with Gasteiger partial charge in [-0.15, -0.1) is 34.2 Å². The number of aliphatic imine (C=N–C) groups is 1. The summed E-state index contributed by atoms with van der Waals surface area (Å²) in [5.74, 6) is 3.11. The van der Waals surface area contributed by atoms with Gasteiger partial charge in [-0.05, 0) is 60.7 Å². The van der Waals surface area contributed by atoms with Crippen LogP contribution in [0.4, 0.5) is 4.39 Å². The molecule has 3 aromatic rings. The van der Waals surface area contributed by atoms with Crippen LogP contribution in [0, 0.1) is 12.7 Å². The maximum absolute atomic E-state index is 13.8. The molecule has 9 heteroatoms. The van der Waals surface area contributed by atoms with Crippen LogP contribution in [0.1, 0.15) is 28.3 Å². The molecule has 1 aliphatic heterocycles. The van der Waals surface area contributed by atoms with E-state index in [0.29, 0.717) is 13.1 Å². The van der Waals surface area contributed by atoms with Crippen LogP contribution in [-0.4, -0.2) is 45.8 Å². The smallest absolute Gasteiger partial charge is 0.194 e. The number of benzene rings is 2. The van der Waals surface area contributed by atoms with Gasteiger partial charge in [0.25, 0.3) is 0 Å². The van der Waals surface area contributed by atoms with E-state index < -0.39 is 0 Å². The van der Waals surface area contributed by atoms with Crippen LogP contribution in [0.5, 0.6) is 5.75 Å². The predicted molar refractivity (Wildman–Crippen MR) is 138 cm³/mol. The van der Waals surface area contributed by atoms with Crippen molar-refractivity contribution in [1.29, 1.82) is 0 Å². The van der Waals surface area contributed by atoms with Crippen molar-refractivity contribution < 1.29 is 9.13 Å². The van der Waals surface area contributed by atoms with E-state index in [1.165, 1.54) is 17.2 Å². The SMILES string of the molecule is COc1ccc(CCNC(=NCc2nnc(C)n2C)N2CCc3ccc(F)cc3C2)cc1.I. The Bertz CT molecular complexity index is 1100. The fraction of sp³-hybridized carbons (Fsp3) is 0.375. The van der Waals surface area contributed by atoms with Crippen molar-refractivity contribution in [2.45, 2.75) is 32.9 Å². The molecule has 0 unspecified atom stereocenters. The topological polar surface area (TPSA) is 67.6 Å². The molecule has 1 N–H and O–H groups in total. The molecule has 7 nitrogen and oxygen atoms in total. The Morgan fingerprint density at radius 2 is 1.94 bits per heavy atom. The normalized spacial score (nSPS) is 13.3. The number of aryl methyl sites for hydroxylation is 1. The summed E-state index contributed by atoms with van der Waals surface area (Å²) < 4.78 is 21.0. The van der Waals surface area contributed by atoms with E-state index in [1.807, 2.05) is 36.7 Å². The summed E-state index contributed by atoms with van der Waals surface area (Å²) in [5.41, 5.74) is 3.42. The first kappa shape index (κ1) is 24.9. The molecule has 4 rings (SSSR count). The minimum Gasteiger partial charge on any atom is -0.497 e. The number of guanidine groups is 1. The van der Waals surface area contributed by atoms with Crippen LogP contribution < -0.4 is 10.1 Å². The summed E-state index contributed by atoms with van der Waals surface area (Å²) in [6, 6.07) is 13.1. The molecule has 1 aliphatic rings. The third-order valence-electron chi connectivity index (χ3n) is 5.89. The number of rotatable bonds is 6. The molecule has 0 atom stereocenters. The molecule has 2 heterocycles. The van der Waals surface area contributed by atoms with Crippen molar-refractivity contribution >= 4 is 29.9 Å².